The molecule has 6 N–H and O–H groups in total. The molecule has 4 atom stereocenters. The van der Waals surface area contributed by atoms with Crippen molar-refractivity contribution in [3.63, 3.8) is 0 Å². The third-order valence-electron chi connectivity index (χ3n) is 7.56. The Morgan fingerprint density at radius 1 is 0.756 bits per heavy atom. The Hall–Kier alpha value is -3.73. The minimum Gasteiger partial charge on any atom is -0.373 e. The summed E-state index contributed by atoms with van der Waals surface area (Å²) in [7, 11) is 0. The molecule has 0 aliphatic carbocycles. The van der Waals surface area contributed by atoms with Crippen LogP contribution in [0.1, 0.15) is 52.9 Å². The summed E-state index contributed by atoms with van der Waals surface area (Å²) < 4.78 is 0. The Labute approximate surface area is 267 Å². The quantitative estimate of drug-likeness (QED) is 0.0600. The number of hydrogen-bond acceptors (Lipinski definition) is 10. The lowest BCUT2D eigenvalue weighted by molar-refractivity contribution is -0.140. The lowest BCUT2D eigenvalue weighted by Crippen LogP contribution is -2.44. The molecule has 0 aromatic rings. The SMILES string of the molecule is CC(C)C1CC(=O)N(CCNC(=O)CCNC(=O)CNC(=O)CNC(=O)CNC(=O)CCCN2C(=O)C([C@@H](C)S)CC2O)C1=O. The van der Waals surface area contributed by atoms with Gasteiger partial charge in [0, 0.05) is 63.0 Å². The zero-order valence-corrected chi connectivity index (χ0v) is 26.8. The van der Waals surface area contributed by atoms with Gasteiger partial charge in [-0.2, -0.15) is 12.6 Å². The van der Waals surface area contributed by atoms with Gasteiger partial charge in [0.2, 0.25) is 47.3 Å². The molecule has 2 aliphatic heterocycles. The van der Waals surface area contributed by atoms with Crippen LogP contribution in [0.25, 0.3) is 0 Å². The van der Waals surface area contributed by atoms with E-state index in [1.807, 2.05) is 13.8 Å². The number of carbonyl (C=O) groups excluding carboxylic acids is 8. The summed E-state index contributed by atoms with van der Waals surface area (Å²) in [4.78, 5) is 98.9. The van der Waals surface area contributed by atoms with Crippen LogP contribution in [0.3, 0.4) is 0 Å². The molecule has 2 fully saturated rings. The Morgan fingerprint density at radius 2 is 1.29 bits per heavy atom. The van der Waals surface area contributed by atoms with Crippen molar-refractivity contribution < 1.29 is 43.5 Å². The van der Waals surface area contributed by atoms with Crippen LogP contribution in [-0.4, -0.2) is 119 Å². The summed E-state index contributed by atoms with van der Waals surface area (Å²) >= 11 is 4.27. The first-order valence-corrected chi connectivity index (χ1v) is 15.6. The van der Waals surface area contributed by atoms with E-state index in [4.69, 9.17) is 0 Å². The van der Waals surface area contributed by atoms with Crippen molar-refractivity contribution in [2.45, 2.75) is 64.4 Å². The average molecular weight is 656 g/mol. The van der Waals surface area contributed by atoms with E-state index in [0.29, 0.717) is 12.8 Å². The number of aliphatic hydroxyl groups is 1. The predicted molar refractivity (Wildman–Crippen MR) is 163 cm³/mol. The summed E-state index contributed by atoms with van der Waals surface area (Å²) in [5, 5.41) is 22.0. The van der Waals surface area contributed by atoms with E-state index in [1.54, 1.807) is 6.92 Å². The highest BCUT2D eigenvalue weighted by Crippen LogP contribution is 2.28. The molecule has 0 spiro atoms. The average Bonchev–Trinajstić information content (AvgIpc) is 3.43. The highest BCUT2D eigenvalue weighted by Gasteiger charge is 2.40. The van der Waals surface area contributed by atoms with Gasteiger partial charge in [-0.3, -0.25) is 43.3 Å². The molecule has 0 radical (unpaired) electrons. The van der Waals surface area contributed by atoms with Crippen LogP contribution in [0.4, 0.5) is 0 Å². The normalized spacial score (nSPS) is 20.3. The monoisotopic (exact) mass is 655 g/mol. The topological polar surface area (TPSA) is 223 Å². The number of thiol groups is 1. The first kappa shape index (κ1) is 37.5. The van der Waals surface area contributed by atoms with Gasteiger partial charge in [-0.05, 0) is 12.3 Å². The van der Waals surface area contributed by atoms with Crippen LogP contribution in [0.15, 0.2) is 0 Å². The molecule has 0 aromatic heterocycles. The molecule has 3 unspecified atom stereocenters. The lowest BCUT2D eigenvalue weighted by atomic mass is 9.94. The summed E-state index contributed by atoms with van der Waals surface area (Å²) in [6.45, 7) is 4.73. The molecule has 2 saturated heterocycles. The molecule has 2 heterocycles. The van der Waals surface area contributed by atoms with E-state index < -0.39 is 36.4 Å². The fraction of sp³-hybridized carbons (Fsp3) is 0.714. The molecular weight excluding hydrogens is 610 g/mol. The number of rotatable bonds is 18. The minimum atomic E-state index is -0.910. The third-order valence-corrected chi connectivity index (χ3v) is 7.92. The van der Waals surface area contributed by atoms with E-state index in [0.717, 1.165) is 4.90 Å². The number of aliphatic hydroxyl groups excluding tert-OH is 1. The van der Waals surface area contributed by atoms with E-state index in [9.17, 15) is 43.5 Å². The van der Waals surface area contributed by atoms with Gasteiger partial charge in [0.25, 0.3) is 0 Å². The molecule has 2 rings (SSSR count). The Balaban J connectivity index is 1.49. The van der Waals surface area contributed by atoms with Gasteiger partial charge in [0.15, 0.2) is 0 Å². The molecule has 16 nitrogen and oxygen atoms in total. The summed E-state index contributed by atoms with van der Waals surface area (Å²) in [5.41, 5.74) is 0. The molecule has 17 heteroatoms. The van der Waals surface area contributed by atoms with Crippen molar-refractivity contribution >= 4 is 59.9 Å². The molecule has 0 aromatic carbocycles. The second-order valence-corrected chi connectivity index (χ2v) is 12.2. The van der Waals surface area contributed by atoms with Crippen LogP contribution >= 0.6 is 12.6 Å². The first-order valence-electron chi connectivity index (χ1n) is 15.1. The third kappa shape index (κ3) is 12.3. The second kappa shape index (κ2) is 18.3. The standard InChI is InChI=1S/C28H45N7O9S/c1-16(2)18-11-25(41)35(27(18)43)10-8-30-21(37)6-7-29-22(38)13-32-24(40)15-33-23(39)14-31-20(36)5-4-9-34-26(42)12-19(17(3)45)28(34)44/h16-19,26,42,45H,4-15H2,1-3H3,(H,29,38)(H,30,37)(H,31,36)(H,32,40)(H,33,39)/t17-,18?,19?,26?/m1/s1. The zero-order valence-electron chi connectivity index (χ0n) is 25.9. The van der Waals surface area contributed by atoms with E-state index >= 15 is 0 Å². The molecule has 252 valence electrons. The summed E-state index contributed by atoms with van der Waals surface area (Å²) in [6, 6.07) is 0. The predicted octanol–water partition coefficient (Wildman–Crippen LogP) is -2.75. The van der Waals surface area contributed by atoms with Crippen molar-refractivity contribution in [3.8, 4) is 0 Å². The number of likely N-dealkylation sites (tertiary alicyclic amines) is 2. The lowest BCUT2D eigenvalue weighted by Gasteiger charge is -2.20. The fourth-order valence-electron chi connectivity index (χ4n) is 4.88. The maximum atomic E-state index is 12.3. The number of carbonyl (C=O) groups is 8. The zero-order chi connectivity index (χ0) is 33.7. The Kier molecular flexibility index (Phi) is 15.2. The van der Waals surface area contributed by atoms with Gasteiger partial charge < -0.3 is 36.6 Å². The molecule has 8 amide bonds. The largest absolute Gasteiger partial charge is 0.373 e. The van der Waals surface area contributed by atoms with Gasteiger partial charge in [-0.25, -0.2) is 0 Å². The van der Waals surface area contributed by atoms with Gasteiger partial charge >= 0.3 is 0 Å². The van der Waals surface area contributed by atoms with Crippen molar-refractivity contribution in [2.24, 2.45) is 17.8 Å². The van der Waals surface area contributed by atoms with Crippen molar-refractivity contribution in [3.05, 3.63) is 0 Å². The van der Waals surface area contributed by atoms with Crippen LogP contribution in [-0.2, 0) is 38.4 Å². The number of nitrogens with one attached hydrogen (secondary N) is 5. The van der Waals surface area contributed by atoms with Crippen molar-refractivity contribution in [1.82, 2.24) is 36.4 Å². The van der Waals surface area contributed by atoms with Crippen LogP contribution in [0, 0.1) is 17.8 Å². The second-order valence-electron chi connectivity index (χ2n) is 11.4. The molecule has 45 heavy (non-hydrogen) atoms. The van der Waals surface area contributed by atoms with Gasteiger partial charge in [-0.1, -0.05) is 20.8 Å². The van der Waals surface area contributed by atoms with E-state index in [1.165, 1.54) is 4.90 Å². The molecule has 2 aliphatic rings. The number of imide groups is 1. The summed E-state index contributed by atoms with van der Waals surface area (Å²) in [6.07, 6.45) is -0.170. The first-order chi connectivity index (χ1) is 21.2. The van der Waals surface area contributed by atoms with Crippen LogP contribution in [0.2, 0.25) is 0 Å². The van der Waals surface area contributed by atoms with Crippen molar-refractivity contribution in [1.29, 1.82) is 0 Å². The van der Waals surface area contributed by atoms with Crippen molar-refractivity contribution in [2.75, 3.05) is 45.8 Å². The van der Waals surface area contributed by atoms with E-state index in [-0.39, 0.29) is 105 Å². The molecule has 0 saturated carbocycles. The Morgan fingerprint density at radius 3 is 1.82 bits per heavy atom. The van der Waals surface area contributed by atoms with E-state index in [2.05, 4.69) is 39.2 Å². The molecule has 0 bridgehead atoms. The van der Waals surface area contributed by atoms with Crippen LogP contribution in [0.5, 0.6) is 0 Å². The minimum absolute atomic E-state index is 0.00171. The fourth-order valence-corrected chi connectivity index (χ4v) is 5.12. The molecular formula is C28H45N7O9S. The van der Waals surface area contributed by atoms with Crippen LogP contribution < -0.4 is 26.6 Å². The highest BCUT2D eigenvalue weighted by molar-refractivity contribution is 7.81. The summed E-state index contributed by atoms with van der Waals surface area (Å²) in [5.74, 6) is -3.98. The maximum Gasteiger partial charge on any atom is 0.239 e. The number of nitrogens with zero attached hydrogens (tertiary/aromatic N) is 2. The number of amides is 8. The highest BCUT2D eigenvalue weighted by atomic mass is 32.1. The van der Waals surface area contributed by atoms with Gasteiger partial charge in [0.1, 0.15) is 6.23 Å². The number of hydrogen-bond donors (Lipinski definition) is 7. The van der Waals surface area contributed by atoms with Gasteiger partial charge in [0.05, 0.1) is 25.6 Å². The smallest absolute Gasteiger partial charge is 0.239 e. The maximum absolute atomic E-state index is 12.3. The van der Waals surface area contributed by atoms with Gasteiger partial charge in [-0.15, -0.1) is 0 Å². The Bertz CT molecular complexity index is 1130.